The molecule has 0 saturated heterocycles. The first-order valence-electron chi connectivity index (χ1n) is 10.2. The Morgan fingerprint density at radius 3 is 2.70 bits per heavy atom. The minimum atomic E-state index is -0.828. The lowest BCUT2D eigenvalue weighted by atomic mass is 10.1. The van der Waals surface area contributed by atoms with Gasteiger partial charge >= 0.3 is 0 Å². The molecule has 0 radical (unpaired) electrons. The quantitative estimate of drug-likeness (QED) is 0.507. The first-order chi connectivity index (χ1) is 15.9. The highest BCUT2D eigenvalue weighted by Gasteiger charge is 2.33. The smallest absolute Gasteiger partial charge is 0.265 e. The van der Waals surface area contributed by atoms with Crippen LogP contribution in [0, 0.1) is 0 Å². The zero-order valence-electron chi connectivity index (χ0n) is 17.7. The van der Waals surface area contributed by atoms with Crippen molar-refractivity contribution in [3.05, 3.63) is 77.2 Å². The molecule has 0 spiro atoms. The number of halogens is 1. The van der Waals surface area contributed by atoms with Gasteiger partial charge in [0.2, 0.25) is 5.91 Å². The van der Waals surface area contributed by atoms with Crippen molar-refractivity contribution in [3.8, 4) is 11.5 Å². The van der Waals surface area contributed by atoms with Crippen LogP contribution in [-0.4, -0.2) is 36.9 Å². The Bertz CT molecular complexity index is 1160. The van der Waals surface area contributed by atoms with E-state index in [4.69, 9.17) is 25.5 Å². The second-order valence-corrected chi connectivity index (χ2v) is 7.81. The van der Waals surface area contributed by atoms with Gasteiger partial charge in [-0.05, 0) is 61.5 Å². The van der Waals surface area contributed by atoms with Gasteiger partial charge in [0.15, 0.2) is 19.0 Å². The summed E-state index contributed by atoms with van der Waals surface area (Å²) in [5.41, 5.74) is 0.679. The Labute approximate surface area is 195 Å². The minimum absolute atomic E-state index is 0.197. The van der Waals surface area contributed by atoms with E-state index in [9.17, 15) is 14.4 Å². The van der Waals surface area contributed by atoms with Gasteiger partial charge in [-0.25, -0.2) is 0 Å². The van der Waals surface area contributed by atoms with E-state index in [0.29, 0.717) is 33.5 Å². The van der Waals surface area contributed by atoms with Gasteiger partial charge in [0.1, 0.15) is 23.3 Å². The number of anilines is 1. The summed E-state index contributed by atoms with van der Waals surface area (Å²) in [5.74, 6) is 0.474. The molecule has 0 fully saturated rings. The average molecular weight is 469 g/mol. The number of ketones is 1. The zero-order chi connectivity index (χ0) is 23.4. The molecule has 1 atom stereocenters. The van der Waals surface area contributed by atoms with Crippen LogP contribution in [-0.2, 0) is 16.1 Å². The lowest BCUT2D eigenvalue weighted by Gasteiger charge is -2.33. The van der Waals surface area contributed by atoms with E-state index in [1.54, 1.807) is 55.5 Å². The Morgan fingerprint density at radius 1 is 1.18 bits per heavy atom. The summed E-state index contributed by atoms with van der Waals surface area (Å²) in [5, 5.41) is 3.31. The summed E-state index contributed by atoms with van der Waals surface area (Å²) in [6, 6.07) is 14.0. The molecule has 3 aromatic rings. The summed E-state index contributed by atoms with van der Waals surface area (Å²) >= 11 is 5.86. The number of rotatable bonds is 8. The van der Waals surface area contributed by atoms with Gasteiger partial charge in [-0.1, -0.05) is 11.6 Å². The molecular weight excluding hydrogens is 448 g/mol. The second-order valence-electron chi connectivity index (χ2n) is 7.37. The second kappa shape index (κ2) is 9.79. The molecule has 1 aliphatic rings. The number of furan rings is 1. The molecule has 2 amide bonds. The molecule has 0 aliphatic carbocycles. The Hall–Kier alpha value is -3.78. The highest BCUT2D eigenvalue weighted by atomic mass is 35.5. The van der Waals surface area contributed by atoms with Crippen LogP contribution in [0.25, 0.3) is 0 Å². The third-order valence-corrected chi connectivity index (χ3v) is 5.38. The number of carbonyl (C=O) groups excluding carboxylic acids is 3. The number of carbonyl (C=O) groups is 3. The maximum Gasteiger partial charge on any atom is 0.265 e. The number of benzene rings is 2. The number of fused-ring (bicyclic) bond motifs is 1. The van der Waals surface area contributed by atoms with Crippen LogP contribution in [0.3, 0.4) is 0 Å². The largest absolute Gasteiger partial charge is 0.485 e. The van der Waals surface area contributed by atoms with E-state index in [0.717, 1.165) is 0 Å². The van der Waals surface area contributed by atoms with Crippen molar-refractivity contribution in [2.24, 2.45) is 0 Å². The van der Waals surface area contributed by atoms with Gasteiger partial charge in [0, 0.05) is 10.6 Å². The summed E-state index contributed by atoms with van der Waals surface area (Å²) in [4.78, 5) is 39.4. The third-order valence-electron chi connectivity index (χ3n) is 5.13. The van der Waals surface area contributed by atoms with Gasteiger partial charge in [0.25, 0.3) is 5.91 Å². The first kappa shape index (κ1) is 22.4. The Kier molecular flexibility index (Phi) is 6.65. The summed E-state index contributed by atoms with van der Waals surface area (Å²) in [6.45, 7) is 1.41. The summed E-state index contributed by atoms with van der Waals surface area (Å²) < 4.78 is 16.2. The van der Waals surface area contributed by atoms with E-state index >= 15 is 0 Å². The predicted octanol–water partition coefficient (Wildman–Crippen LogP) is 3.63. The lowest BCUT2D eigenvalue weighted by molar-refractivity contribution is -0.127. The fourth-order valence-corrected chi connectivity index (χ4v) is 3.51. The van der Waals surface area contributed by atoms with Gasteiger partial charge < -0.3 is 19.2 Å². The molecule has 9 heteroatoms. The van der Waals surface area contributed by atoms with Gasteiger partial charge in [-0.3, -0.25) is 19.3 Å². The van der Waals surface area contributed by atoms with Crippen molar-refractivity contribution >= 4 is 34.9 Å². The van der Waals surface area contributed by atoms with Crippen LogP contribution in [0.15, 0.2) is 65.3 Å². The van der Waals surface area contributed by atoms with E-state index in [1.165, 1.54) is 17.2 Å². The van der Waals surface area contributed by atoms with E-state index in [2.05, 4.69) is 5.32 Å². The van der Waals surface area contributed by atoms with E-state index < -0.39 is 6.04 Å². The van der Waals surface area contributed by atoms with Crippen molar-refractivity contribution in [1.29, 1.82) is 0 Å². The number of Topliss-reactive ketones (excluding diaryl/α,β-unsaturated/α-hetero) is 1. The summed E-state index contributed by atoms with van der Waals surface area (Å²) in [7, 11) is 0. The lowest BCUT2D eigenvalue weighted by Crippen LogP contribution is -2.51. The molecular formula is C24H21ClN2O6. The van der Waals surface area contributed by atoms with Crippen LogP contribution in [0.5, 0.6) is 11.5 Å². The molecule has 170 valence electrons. The van der Waals surface area contributed by atoms with E-state index in [1.807, 2.05) is 0 Å². The molecule has 8 nitrogen and oxygen atoms in total. The topological polar surface area (TPSA) is 98.1 Å². The van der Waals surface area contributed by atoms with Gasteiger partial charge in [-0.15, -0.1) is 0 Å². The number of nitrogens with zero attached hydrogens (tertiary/aromatic N) is 1. The average Bonchev–Trinajstić information content (AvgIpc) is 3.35. The van der Waals surface area contributed by atoms with Crippen molar-refractivity contribution in [2.75, 3.05) is 18.1 Å². The van der Waals surface area contributed by atoms with Crippen molar-refractivity contribution in [2.45, 2.75) is 19.5 Å². The fraction of sp³-hybridized carbons (Fsp3) is 0.208. The fourth-order valence-electron chi connectivity index (χ4n) is 3.38. The monoisotopic (exact) mass is 468 g/mol. The standard InChI is InChI=1S/C24H21ClN2O6/c1-15(24(30)26-12-19-3-2-10-31-19)27-20-11-16(4-9-22(20)33-14-23(27)29)21(28)13-32-18-7-5-17(25)6-8-18/h2-11,15H,12-14H2,1H3,(H,26,30). The SMILES string of the molecule is CC(C(=O)NCc1ccco1)N1C(=O)COc2ccc(C(=O)COc3ccc(Cl)cc3)cc21. The van der Waals surface area contributed by atoms with Crippen molar-refractivity contribution < 1.29 is 28.3 Å². The molecule has 1 unspecified atom stereocenters. The highest BCUT2D eigenvalue weighted by molar-refractivity contribution is 6.30. The summed E-state index contributed by atoms with van der Waals surface area (Å²) in [6.07, 6.45) is 1.52. The highest BCUT2D eigenvalue weighted by Crippen LogP contribution is 2.34. The molecule has 33 heavy (non-hydrogen) atoms. The number of ether oxygens (including phenoxy) is 2. The molecule has 2 heterocycles. The van der Waals surface area contributed by atoms with Crippen LogP contribution in [0.1, 0.15) is 23.0 Å². The number of amides is 2. The normalized spacial score (nSPS) is 13.6. The van der Waals surface area contributed by atoms with Crippen LogP contribution >= 0.6 is 11.6 Å². The number of hydrogen-bond acceptors (Lipinski definition) is 6. The first-order valence-corrected chi connectivity index (χ1v) is 10.6. The van der Waals surface area contributed by atoms with Crippen molar-refractivity contribution in [3.63, 3.8) is 0 Å². The van der Waals surface area contributed by atoms with Crippen molar-refractivity contribution in [1.82, 2.24) is 5.32 Å². The molecule has 0 bridgehead atoms. The minimum Gasteiger partial charge on any atom is -0.485 e. The Balaban J connectivity index is 1.48. The molecule has 0 saturated carbocycles. The molecule has 4 rings (SSSR count). The van der Waals surface area contributed by atoms with E-state index in [-0.39, 0.29) is 37.4 Å². The number of hydrogen-bond donors (Lipinski definition) is 1. The maximum atomic E-state index is 12.7. The number of nitrogens with one attached hydrogen (secondary N) is 1. The molecule has 1 aliphatic heterocycles. The molecule has 1 aromatic heterocycles. The van der Waals surface area contributed by atoms with Gasteiger partial charge in [0.05, 0.1) is 18.5 Å². The van der Waals surface area contributed by atoms with Gasteiger partial charge in [-0.2, -0.15) is 0 Å². The zero-order valence-corrected chi connectivity index (χ0v) is 18.5. The predicted molar refractivity (Wildman–Crippen MR) is 121 cm³/mol. The van der Waals surface area contributed by atoms with Crippen LogP contribution in [0.2, 0.25) is 5.02 Å². The Morgan fingerprint density at radius 2 is 1.97 bits per heavy atom. The maximum absolute atomic E-state index is 12.7. The third kappa shape index (κ3) is 5.18. The van der Waals surface area contributed by atoms with Crippen LogP contribution in [0.4, 0.5) is 5.69 Å². The molecule has 1 N–H and O–H groups in total. The van der Waals surface area contributed by atoms with Crippen LogP contribution < -0.4 is 19.7 Å². The molecule has 2 aromatic carbocycles.